The van der Waals surface area contributed by atoms with Crippen LogP contribution in [-0.4, -0.2) is 15.9 Å². The van der Waals surface area contributed by atoms with E-state index in [1.807, 2.05) is 0 Å². The lowest BCUT2D eigenvalue weighted by molar-refractivity contribution is -0.115. The van der Waals surface area contributed by atoms with Crippen LogP contribution in [0.5, 0.6) is 0 Å². The molecule has 0 radical (unpaired) electrons. The van der Waals surface area contributed by atoms with E-state index in [2.05, 4.69) is 0 Å². The van der Waals surface area contributed by atoms with Crippen molar-refractivity contribution < 1.29 is 36.6 Å². The SMILES string of the molecule is O=C(Cc1ccc(F)c(F)c1)P(=O)(O)C(=O)Cc1ccc(F)c(F)c1. The number of halogens is 4. The molecular formula is C16H11F4O4P. The molecule has 2 aromatic rings. The van der Waals surface area contributed by atoms with Gasteiger partial charge in [0.05, 0.1) is 0 Å². The van der Waals surface area contributed by atoms with Crippen molar-refractivity contribution in [2.24, 2.45) is 0 Å². The lowest BCUT2D eigenvalue weighted by atomic mass is 10.1. The Kier molecular flexibility index (Phi) is 5.55. The third-order valence-electron chi connectivity index (χ3n) is 3.35. The van der Waals surface area contributed by atoms with Crippen molar-refractivity contribution in [3.8, 4) is 0 Å². The summed E-state index contributed by atoms with van der Waals surface area (Å²) in [4.78, 5) is 33.5. The molecule has 0 aromatic heterocycles. The molecule has 4 nitrogen and oxygen atoms in total. The first-order chi connectivity index (χ1) is 11.6. The molecule has 0 aliphatic carbocycles. The molecular weight excluding hydrogens is 363 g/mol. The minimum absolute atomic E-state index is 0.0844. The van der Waals surface area contributed by atoms with Gasteiger partial charge in [0.25, 0.3) is 0 Å². The van der Waals surface area contributed by atoms with Crippen LogP contribution < -0.4 is 0 Å². The third-order valence-corrected chi connectivity index (χ3v) is 5.02. The van der Waals surface area contributed by atoms with E-state index in [1.165, 1.54) is 0 Å². The predicted octanol–water partition coefficient (Wildman–Crippen LogP) is 3.35. The molecule has 0 spiro atoms. The summed E-state index contributed by atoms with van der Waals surface area (Å²) in [5.74, 6) is -4.80. The molecule has 0 aliphatic heterocycles. The van der Waals surface area contributed by atoms with Gasteiger partial charge in [0, 0.05) is 12.8 Å². The third kappa shape index (κ3) is 4.41. The molecule has 9 heteroatoms. The average molecular weight is 374 g/mol. The monoisotopic (exact) mass is 374 g/mol. The lowest BCUT2D eigenvalue weighted by Crippen LogP contribution is -2.14. The van der Waals surface area contributed by atoms with E-state index in [-0.39, 0.29) is 11.1 Å². The molecule has 0 unspecified atom stereocenters. The fourth-order valence-corrected chi connectivity index (χ4v) is 3.07. The van der Waals surface area contributed by atoms with Crippen LogP contribution in [0.4, 0.5) is 17.6 Å². The molecule has 0 bridgehead atoms. The Bertz CT molecular complexity index is 828. The predicted molar refractivity (Wildman–Crippen MR) is 80.0 cm³/mol. The maximum Gasteiger partial charge on any atom is 0.328 e. The Balaban J connectivity index is 2.13. The van der Waals surface area contributed by atoms with Crippen molar-refractivity contribution in [1.29, 1.82) is 0 Å². The Labute approximate surface area is 139 Å². The van der Waals surface area contributed by atoms with Gasteiger partial charge in [0.2, 0.25) is 11.0 Å². The smallest absolute Gasteiger partial charge is 0.328 e. The van der Waals surface area contributed by atoms with E-state index in [1.54, 1.807) is 0 Å². The summed E-state index contributed by atoms with van der Waals surface area (Å²) in [7, 11) is -4.97. The van der Waals surface area contributed by atoms with Crippen molar-refractivity contribution in [1.82, 2.24) is 0 Å². The molecule has 0 amide bonds. The largest absolute Gasteiger partial charge is 0.334 e. The van der Waals surface area contributed by atoms with Crippen LogP contribution in [0.15, 0.2) is 36.4 Å². The van der Waals surface area contributed by atoms with Gasteiger partial charge in [-0.2, -0.15) is 0 Å². The van der Waals surface area contributed by atoms with Crippen LogP contribution in [0.3, 0.4) is 0 Å². The first kappa shape index (κ1) is 19.0. The van der Waals surface area contributed by atoms with Crippen LogP contribution in [0.2, 0.25) is 0 Å². The van der Waals surface area contributed by atoms with Gasteiger partial charge in [-0.3, -0.25) is 14.2 Å². The van der Waals surface area contributed by atoms with Crippen molar-refractivity contribution in [3.63, 3.8) is 0 Å². The maximum atomic E-state index is 13.1. The average Bonchev–Trinajstić information content (AvgIpc) is 2.54. The molecule has 25 heavy (non-hydrogen) atoms. The van der Waals surface area contributed by atoms with Crippen LogP contribution in [0, 0.1) is 23.3 Å². The molecule has 0 fully saturated rings. The Hall–Kier alpha value is -2.31. The van der Waals surface area contributed by atoms with Gasteiger partial charge in [0.1, 0.15) is 0 Å². The first-order valence-electron chi connectivity index (χ1n) is 6.88. The number of rotatable bonds is 6. The van der Waals surface area contributed by atoms with Gasteiger partial charge in [-0.1, -0.05) is 12.1 Å². The quantitative estimate of drug-likeness (QED) is 0.622. The fourth-order valence-electron chi connectivity index (χ4n) is 2.00. The summed E-state index contributed by atoms with van der Waals surface area (Å²) in [5, 5.41) is 0. The van der Waals surface area contributed by atoms with Crippen molar-refractivity contribution in [2.45, 2.75) is 12.8 Å². The summed E-state index contributed by atoms with van der Waals surface area (Å²) in [6.07, 6.45) is -1.51. The highest BCUT2D eigenvalue weighted by Gasteiger charge is 2.37. The Morgan fingerprint density at radius 1 is 0.760 bits per heavy atom. The van der Waals surface area contributed by atoms with Crippen LogP contribution in [-0.2, 0) is 27.0 Å². The van der Waals surface area contributed by atoms with E-state index < -0.39 is 54.5 Å². The van der Waals surface area contributed by atoms with Gasteiger partial charge in [0.15, 0.2) is 23.3 Å². The standard InChI is InChI=1S/C16H11F4O4P/c17-11-3-1-9(5-13(11)19)7-15(21)25(23,24)16(22)8-10-2-4-12(18)14(20)6-10/h1-6H,7-8H2,(H,23,24). The van der Waals surface area contributed by atoms with E-state index in [4.69, 9.17) is 0 Å². The Morgan fingerprint density at radius 2 is 1.12 bits per heavy atom. The molecule has 0 saturated heterocycles. The number of carbonyl (C=O) groups is 2. The highest BCUT2D eigenvalue weighted by Crippen LogP contribution is 2.44. The van der Waals surface area contributed by atoms with E-state index in [9.17, 15) is 36.6 Å². The van der Waals surface area contributed by atoms with Gasteiger partial charge in [-0.25, -0.2) is 17.6 Å². The number of hydrogen-bond acceptors (Lipinski definition) is 3. The van der Waals surface area contributed by atoms with Gasteiger partial charge >= 0.3 is 7.37 Å². The zero-order valence-corrected chi connectivity index (χ0v) is 13.4. The number of carbonyl (C=O) groups excluding carboxylic acids is 2. The van der Waals surface area contributed by atoms with Crippen molar-refractivity contribution in [2.75, 3.05) is 0 Å². The molecule has 0 atom stereocenters. The molecule has 2 rings (SSSR count). The minimum atomic E-state index is -4.97. The van der Waals surface area contributed by atoms with Crippen molar-refractivity contribution >= 4 is 18.4 Å². The van der Waals surface area contributed by atoms with E-state index >= 15 is 0 Å². The summed E-state index contributed by atoms with van der Waals surface area (Å²) in [6.45, 7) is 0. The molecule has 0 heterocycles. The fraction of sp³-hybridized carbons (Fsp3) is 0.125. The topological polar surface area (TPSA) is 71.4 Å². The second-order valence-corrected chi connectivity index (χ2v) is 7.36. The normalized spacial score (nSPS) is 11.4. The lowest BCUT2D eigenvalue weighted by Gasteiger charge is -2.10. The molecule has 2 aromatic carbocycles. The zero-order chi connectivity index (χ0) is 18.8. The second kappa shape index (κ2) is 7.29. The van der Waals surface area contributed by atoms with E-state index in [0.717, 1.165) is 24.3 Å². The molecule has 132 valence electrons. The highest BCUT2D eigenvalue weighted by atomic mass is 31.2. The van der Waals surface area contributed by atoms with Crippen LogP contribution >= 0.6 is 7.37 Å². The van der Waals surface area contributed by atoms with Gasteiger partial charge in [-0.05, 0) is 35.4 Å². The summed E-state index contributed by atoms with van der Waals surface area (Å²) in [6, 6.07) is 4.90. The zero-order valence-electron chi connectivity index (χ0n) is 12.5. The van der Waals surface area contributed by atoms with Crippen molar-refractivity contribution in [3.05, 3.63) is 70.8 Å². The van der Waals surface area contributed by atoms with Gasteiger partial charge in [-0.15, -0.1) is 0 Å². The summed E-state index contributed by atoms with van der Waals surface area (Å²) in [5.41, 5.74) is -2.91. The number of benzene rings is 2. The molecule has 0 aliphatic rings. The van der Waals surface area contributed by atoms with Crippen LogP contribution in [0.1, 0.15) is 11.1 Å². The molecule has 1 N–H and O–H groups in total. The first-order valence-corrected chi connectivity index (χ1v) is 8.54. The van der Waals surface area contributed by atoms with Crippen LogP contribution in [0.25, 0.3) is 0 Å². The molecule has 0 saturated carbocycles. The minimum Gasteiger partial charge on any atom is -0.334 e. The summed E-state index contributed by atoms with van der Waals surface area (Å²) >= 11 is 0. The van der Waals surface area contributed by atoms with E-state index in [0.29, 0.717) is 12.1 Å². The Morgan fingerprint density at radius 3 is 1.44 bits per heavy atom. The maximum absolute atomic E-state index is 13.1. The number of hydrogen-bond donors (Lipinski definition) is 1. The summed E-state index contributed by atoms with van der Waals surface area (Å²) < 4.78 is 63.9. The highest BCUT2D eigenvalue weighted by molar-refractivity contribution is 7.89. The second-order valence-electron chi connectivity index (χ2n) is 5.21. The van der Waals surface area contributed by atoms with Gasteiger partial charge < -0.3 is 4.89 Å².